The second kappa shape index (κ2) is 8.50. The number of hydrogen-bond acceptors (Lipinski definition) is 5. The standard InChI is InChI=1S/C12H24N4OS/c1-4-5-6-17-7-8-18-12-15-14-11(9-13)16(12)10(2)3/h10H,4-9,13H2,1-3H3. The molecule has 0 radical (unpaired) electrons. The number of ether oxygens (including phenoxy) is 1. The molecule has 0 spiro atoms. The minimum absolute atomic E-state index is 0.335. The van der Waals surface area contributed by atoms with Gasteiger partial charge in [0, 0.05) is 18.4 Å². The summed E-state index contributed by atoms with van der Waals surface area (Å²) < 4.78 is 7.62. The lowest BCUT2D eigenvalue weighted by atomic mass is 10.4. The number of thioether (sulfide) groups is 1. The summed E-state index contributed by atoms with van der Waals surface area (Å²) in [7, 11) is 0. The summed E-state index contributed by atoms with van der Waals surface area (Å²) in [6.07, 6.45) is 2.30. The van der Waals surface area contributed by atoms with Crippen LogP contribution in [0.3, 0.4) is 0 Å². The van der Waals surface area contributed by atoms with Gasteiger partial charge in [-0.2, -0.15) is 0 Å². The van der Waals surface area contributed by atoms with Gasteiger partial charge in [-0.05, 0) is 20.3 Å². The van der Waals surface area contributed by atoms with Crippen molar-refractivity contribution in [2.45, 2.75) is 51.4 Å². The van der Waals surface area contributed by atoms with Gasteiger partial charge in [0.2, 0.25) is 0 Å². The normalized spacial score (nSPS) is 11.4. The molecule has 5 nitrogen and oxygen atoms in total. The Labute approximate surface area is 113 Å². The van der Waals surface area contributed by atoms with Crippen LogP contribution in [0.2, 0.25) is 0 Å². The first-order valence-corrected chi connectivity index (χ1v) is 7.53. The molecule has 0 amide bonds. The van der Waals surface area contributed by atoms with E-state index in [0.717, 1.165) is 36.4 Å². The van der Waals surface area contributed by atoms with E-state index in [1.165, 1.54) is 6.42 Å². The minimum Gasteiger partial charge on any atom is -0.381 e. The number of rotatable bonds is 9. The molecule has 0 bridgehead atoms. The van der Waals surface area contributed by atoms with Crippen LogP contribution in [0.15, 0.2) is 5.16 Å². The maximum absolute atomic E-state index is 5.65. The van der Waals surface area contributed by atoms with E-state index in [1.807, 2.05) is 0 Å². The Bertz CT molecular complexity index is 341. The molecule has 1 rings (SSSR count). The second-order valence-electron chi connectivity index (χ2n) is 4.38. The molecule has 1 aromatic rings. The second-order valence-corrected chi connectivity index (χ2v) is 5.44. The molecule has 6 heteroatoms. The lowest BCUT2D eigenvalue weighted by molar-refractivity contribution is 0.147. The Morgan fingerprint density at radius 2 is 2.11 bits per heavy atom. The summed E-state index contributed by atoms with van der Waals surface area (Å²) in [5.74, 6) is 1.75. The first-order chi connectivity index (χ1) is 8.70. The van der Waals surface area contributed by atoms with Gasteiger partial charge in [-0.1, -0.05) is 25.1 Å². The molecule has 0 aliphatic heterocycles. The third-order valence-corrected chi connectivity index (χ3v) is 3.44. The smallest absolute Gasteiger partial charge is 0.191 e. The summed E-state index contributed by atoms with van der Waals surface area (Å²) >= 11 is 1.68. The van der Waals surface area contributed by atoms with E-state index >= 15 is 0 Å². The quantitative estimate of drug-likeness (QED) is 0.551. The van der Waals surface area contributed by atoms with E-state index in [-0.39, 0.29) is 0 Å². The molecular weight excluding hydrogens is 248 g/mol. The van der Waals surface area contributed by atoms with E-state index in [2.05, 4.69) is 35.5 Å². The predicted octanol–water partition coefficient (Wildman–Crippen LogP) is 2.23. The van der Waals surface area contributed by atoms with Gasteiger partial charge in [0.15, 0.2) is 5.16 Å². The molecule has 0 atom stereocenters. The number of aromatic nitrogens is 3. The maximum atomic E-state index is 5.65. The topological polar surface area (TPSA) is 66.0 Å². The summed E-state index contributed by atoms with van der Waals surface area (Å²) in [6, 6.07) is 0.335. The van der Waals surface area contributed by atoms with E-state index in [4.69, 9.17) is 10.5 Å². The largest absolute Gasteiger partial charge is 0.381 e. The molecule has 104 valence electrons. The average Bonchev–Trinajstić information content (AvgIpc) is 2.76. The zero-order valence-electron chi connectivity index (χ0n) is 11.6. The fourth-order valence-corrected chi connectivity index (χ4v) is 2.54. The van der Waals surface area contributed by atoms with Crippen molar-refractivity contribution >= 4 is 11.8 Å². The van der Waals surface area contributed by atoms with Crippen LogP contribution < -0.4 is 5.73 Å². The molecular formula is C12H24N4OS. The Morgan fingerprint density at radius 3 is 2.72 bits per heavy atom. The van der Waals surface area contributed by atoms with Crippen LogP contribution in [0.25, 0.3) is 0 Å². The summed E-state index contributed by atoms with van der Waals surface area (Å²) in [5.41, 5.74) is 5.65. The monoisotopic (exact) mass is 272 g/mol. The van der Waals surface area contributed by atoms with Gasteiger partial charge in [-0.3, -0.25) is 0 Å². The van der Waals surface area contributed by atoms with Gasteiger partial charge < -0.3 is 15.0 Å². The Hall–Kier alpha value is -0.590. The molecule has 1 aromatic heterocycles. The highest BCUT2D eigenvalue weighted by Crippen LogP contribution is 2.21. The molecule has 2 N–H and O–H groups in total. The van der Waals surface area contributed by atoms with Crippen LogP contribution in [0.5, 0.6) is 0 Å². The predicted molar refractivity (Wildman–Crippen MR) is 74.7 cm³/mol. The van der Waals surface area contributed by atoms with Crippen molar-refractivity contribution in [3.8, 4) is 0 Å². The maximum Gasteiger partial charge on any atom is 0.191 e. The first-order valence-electron chi connectivity index (χ1n) is 6.55. The molecule has 18 heavy (non-hydrogen) atoms. The highest BCUT2D eigenvalue weighted by molar-refractivity contribution is 7.99. The van der Waals surface area contributed by atoms with Crippen molar-refractivity contribution in [2.24, 2.45) is 5.73 Å². The third kappa shape index (κ3) is 4.59. The van der Waals surface area contributed by atoms with Gasteiger partial charge in [0.05, 0.1) is 13.2 Å². The Kier molecular flexibility index (Phi) is 7.31. The van der Waals surface area contributed by atoms with Crippen molar-refractivity contribution in [1.29, 1.82) is 0 Å². The Morgan fingerprint density at radius 1 is 1.33 bits per heavy atom. The fraction of sp³-hybridized carbons (Fsp3) is 0.833. The Balaban J connectivity index is 2.40. The minimum atomic E-state index is 0.335. The molecule has 1 heterocycles. The van der Waals surface area contributed by atoms with Crippen molar-refractivity contribution in [2.75, 3.05) is 19.0 Å². The summed E-state index contributed by atoms with van der Waals surface area (Å²) in [4.78, 5) is 0. The molecule has 0 aliphatic rings. The summed E-state index contributed by atoms with van der Waals surface area (Å²) in [5, 5.41) is 9.23. The van der Waals surface area contributed by atoms with Gasteiger partial charge in [-0.15, -0.1) is 10.2 Å². The molecule has 0 fully saturated rings. The molecule has 0 saturated carbocycles. The van der Waals surface area contributed by atoms with Crippen LogP contribution >= 0.6 is 11.8 Å². The molecule has 0 aromatic carbocycles. The molecule has 0 unspecified atom stereocenters. The summed E-state index contributed by atoms with van der Waals surface area (Å²) in [6.45, 7) is 8.43. The van der Waals surface area contributed by atoms with Gasteiger partial charge in [0.25, 0.3) is 0 Å². The van der Waals surface area contributed by atoms with Gasteiger partial charge in [-0.25, -0.2) is 0 Å². The van der Waals surface area contributed by atoms with E-state index in [1.54, 1.807) is 11.8 Å². The van der Waals surface area contributed by atoms with Crippen molar-refractivity contribution in [3.63, 3.8) is 0 Å². The van der Waals surface area contributed by atoms with E-state index < -0.39 is 0 Å². The van der Waals surface area contributed by atoms with Crippen molar-refractivity contribution < 1.29 is 4.74 Å². The zero-order valence-corrected chi connectivity index (χ0v) is 12.4. The lowest BCUT2D eigenvalue weighted by Gasteiger charge is -2.12. The molecule has 0 aliphatic carbocycles. The number of unbranched alkanes of at least 4 members (excludes halogenated alkanes) is 1. The highest BCUT2D eigenvalue weighted by Gasteiger charge is 2.13. The SMILES string of the molecule is CCCCOCCSc1nnc(CN)n1C(C)C. The molecule has 0 saturated heterocycles. The van der Waals surface area contributed by atoms with E-state index in [9.17, 15) is 0 Å². The highest BCUT2D eigenvalue weighted by atomic mass is 32.2. The van der Waals surface area contributed by atoms with Crippen LogP contribution in [0.4, 0.5) is 0 Å². The first kappa shape index (κ1) is 15.5. The zero-order chi connectivity index (χ0) is 13.4. The van der Waals surface area contributed by atoms with Crippen LogP contribution in [-0.2, 0) is 11.3 Å². The third-order valence-electron chi connectivity index (χ3n) is 2.54. The number of hydrogen-bond donors (Lipinski definition) is 1. The fourth-order valence-electron chi connectivity index (χ4n) is 1.60. The van der Waals surface area contributed by atoms with Crippen molar-refractivity contribution in [3.05, 3.63) is 5.82 Å². The lowest BCUT2D eigenvalue weighted by Crippen LogP contribution is -2.11. The van der Waals surface area contributed by atoms with Crippen LogP contribution in [-0.4, -0.2) is 33.7 Å². The number of nitrogens with two attached hydrogens (primary N) is 1. The van der Waals surface area contributed by atoms with Gasteiger partial charge in [0.1, 0.15) is 5.82 Å². The van der Waals surface area contributed by atoms with Crippen molar-refractivity contribution in [1.82, 2.24) is 14.8 Å². The van der Waals surface area contributed by atoms with Crippen LogP contribution in [0, 0.1) is 0 Å². The van der Waals surface area contributed by atoms with Crippen LogP contribution in [0.1, 0.15) is 45.5 Å². The average molecular weight is 272 g/mol. The van der Waals surface area contributed by atoms with E-state index in [0.29, 0.717) is 12.6 Å². The number of nitrogens with zero attached hydrogens (tertiary/aromatic N) is 3. The van der Waals surface area contributed by atoms with Gasteiger partial charge >= 0.3 is 0 Å².